The Labute approximate surface area is 92.6 Å². The maximum absolute atomic E-state index is 11.7. The lowest BCUT2D eigenvalue weighted by Crippen LogP contribution is -2.06. The van der Waals surface area contributed by atoms with Gasteiger partial charge in [0, 0.05) is 17.0 Å². The molecule has 0 aliphatic heterocycles. The summed E-state index contributed by atoms with van der Waals surface area (Å²) in [4.78, 5) is 11.7. The third-order valence-corrected chi connectivity index (χ3v) is 2.78. The first-order valence-corrected chi connectivity index (χ1v) is 5.30. The summed E-state index contributed by atoms with van der Waals surface area (Å²) in [5.74, 6) is -0.267. The highest BCUT2D eigenvalue weighted by molar-refractivity contribution is 6.03. The molecule has 3 rings (SSSR count). The van der Waals surface area contributed by atoms with Crippen molar-refractivity contribution in [1.82, 2.24) is 4.40 Å². The van der Waals surface area contributed by atoms with Gasteiger partial charge in [-0.3, -0.25) is 0 Å². The minimum Gasteiger partial charge on any atom is -0.461 e. The summed E-state index contributed by atoms with van der Waals surface area (Å²) < 4.78 is 6.92. The lowest BCUT2D eigenvalue weighted by atomic mass is 10.2. The largest absolute Gasteiger partial charge is 0.461 e. The van der Waals surface area contributed by atoms with Gasteiger partial charge in [-0.15, -0.1) is 0 Å². The number of benzene rings is 1. The fourth-order valence-electron chi connectivity index (χ4n) is 2.12. The molecule has 0 radical (unpaired) electrons. The van der Waals surface area contributed by atoms with Crippen LogP contribution in [0.2, 0.25) is 0 Å². The van der Waals surface area contributed by atoms with Crippen LogP contribution in [0.5, 0.6) is 0 Å². The molecule has 0 amide bonds. The van der Waals surface area contributed by atoms with E-state index in [1.165, 1.54) is 0 Å². The van der Waals surface area contributed by atoms with Crippen molar-refractivity contribution < 1.29 is 9.53 Å². The average Bonchev–Trinajstić information content (AvgIpc) is 2.86. The molecule has 3 aromatic rings. The van der Waals surface area contributed by atoms with Crippen molar-refractivity contribution in [3.8, 4) is 0 Å². The van der Waals surface area contributed by atoms with Crippen molar-refractivity contribution in [2.24, 2.45) is 0 Å². The third-order valence-electron chi connectivity index (χ3n) is 2.78. The van der Waals surface area contributed by atoms with Crippen LogP contribution in [0.3, 0.4) is 0 Å². The molecule has 16 heavy (non-hydrogen) atoms. The molecule has 2 heterocycles. The number of para-hydroxylation sites is 1. The van der Waals surface area contributed by atoms with E-state index in [2.05, 4.69) is 0 Å². The zero-order chi connectivity index (χ0) is 11.1. The minimum absolute atomic E-state index is 0.267. The molecule has 0 bridgehead atoms. The monoisotopic (exact) mass is 213 g/mol. The molecule has 2 aromatic heterocycles. The Morgan fingerprint density at radius 1 is 1.31 bits per heavy atom. The van der Waals surface area contributed by atoms with Crippen molar-refractivity contribution in [3.05, 3.63) is 42.2 Å². The molecule has 0 aliphatic rings. The maximum Gasteiger partial charge on any atom is 0.355 e. The van der Waals surface area contributed by atoms with E-state index in [4.69, 9.17) is 4.74 Å². The fraction of sp³-hybridized carbons (Fsp3) is 0.154. The van der Waals surface area contributed by atoms with E-state index < -0.39 is 0 Å². The van der Waals surface area contributed by atoms with Gasteiger partial charge in [0.2, 0.25) is 0 Å². The molecule has 0 saturated carbocycles. The maximum atomic E-state index is 11.7. The summed E-state index contributed by atoms with van der Waals surface area (Å²) in [5.41, 5.74) is 1.68. The summed E-state index contributed by atoms with van der Waals surface area (Å²) in [7, 11) is 0. The first-order chi connectivity index (χ1) is 7.81. The molecule has 0 aliphatic carbocycles. The zero-order valence-corrected chi connectivity index (χ0v) is 8.93. The fourth-order valence-corrected chi connectivity index (χ4v) is 2.12. The van der Waals surface area contributed by atoms with E-state index in [-0.39, 0.29) is 5.97 Å². The number of ether oxygens (including phenoxy) is 1. The summed E-state index contributed by atoms with van der Waals surface area (Å²) in [6.45, 7) is 2.21. The lowest BCUT2D eigenvalue weighted by molar-refractivity contribution is 0.0518. The Morgan fingerprint density at radius 2 is 2.12 bits per heavy atom. The van der Waals surface area contributed by atoms with Gasteiger partial charge in [-0.1, -0.05) is 18.2 Å². The molecular weight excluding hydrogens is 202 g/mol. The zero-order valence-electron chi connectivity index (χ0n) is 8.93. The smallest absolute Gasteiger partial charge is 0.355 e. The van der Waals surface area contributed by atoms with E-state index in [1.54, 1.807) is 0 Å². The normalized spacial score (nSPS) is 11.3. The molecule has 0 spiro atoms. The summed E-state index contributed by atoms with van der Waals surface area (Å²) in [5, 5.41) is 2.22. The molecule has 0 saturated heterocycles. The molecule has 3 nitrogen and oxygen atoms in total. The Balaban J connectivity index is 2.29. The predicted octanol–water partition coefficient (Wildman–Crippen LogP) is 2.71. The van der Waals surface area contributed by atoms with Crippen LogP contribution >= 0.6 is 0 Å². The molecule has 0 N–H and O–H groups in total. The third kappa shape index (κ3) is 1.11. The van der Waals surface area contributed by atoms with Crippen LogP contribution in [0.4, 0.5) is 0 Å². The number of nitrogens with zero attached hydrogens (tertiary/aromatic N) is 1. The van der Waals surface area contributed by atoms with Crippen LogP contribution in [0.1, 0.15) is 17.4 Å². The highest BCUT2D eigenvalue weighted by Crippen LogP contribution is 2.26. The summed E-state index contributed by atoms with van der Waals surface area (Å²) in [6.07, 6.45) is 1.91. The van der Waals surface area contributed by atoms with Gasteiger partial charge in [0.05, 0.1) is 12.1 Å². The number of carbonyl (C=O) groups excluding carboxylic acids is 1. The van der Waals surface area contributed by atoms with Crippen molar-refractivity contribution in [3.63, 3.8) is 0 Å². The first-order valence-electron chi connectivity index (χ1n) is 5.30. The SMILES string of the molecule is CCOC(=O)c1cc2cccc3ccn1c32. The molecular formula is C13H11NO2. The number of aromatic nitrogens is 1. The van der Waals surface area contributed by atoms with Crippen LogP contribution in [0, 0.1) is 0 Å². The Kier molecular flexibility index (Phi) is 1.86. The van der Waals surface area contributed by atoms with Gasteiger partial charge < -0.3 is 9.14 Å². The van der Waals surface area contributed by atoms with Crippen LogP contribution in [-0.4, -0.2) is 17.0 Å². The van der Waals surface area contributed by atoms with E-state index in [0.717, 1.165) is 16.3 Å². The van der Waals surface area contributed by atoms with Gasteiger partial charge in [-0.05, 0) is 19.1 Å². The van der Waals surface area contributed by atoms with E-state index in [9.17, 15) is 4.79 Å². The van der Waals surface area contributed by atoms with E-state index in [1.807, 2.05) is 47.9 Å². The Hall–Kier alpha value is -2.03. The number of carbonyl (C=O) groups is 1. The highest BCUT2D eigenvalue weighted by Gasteiger charge is 2.15. The highest BCUT2D eigenvalue weighted by atomic mass is 16.5. The van der Waals surface area contributed by atoms with Crippen LogP contribution < -0.4 is 0 Å². The van der Waals surface area contributed by atoms with Crippen LogP contribution in [0.25, 0.3) is 16.3 Å². The van der Waals surface area contributed by atoms with Gasteiger partial charge in [-0.2, -0.15) is 0 Å². The number of rotatable bonds is 2. The van der Waals surface area contributed by atoms with E-state index >= 15 is 0 Å². The second-order valence-electron chi connectivity index (χ2n) is 3.72. The van der Waals surface area contributed by atoms with E-state index in [0.29, 0.717) is 12.3 Å². The molecule has 1 aromatic carbocycles. The molecule has 0 unspecified atom stereocenters. The number of hydrogen-bond acceptors (Lipinski definition) is 2. The Morgan fingerprint density at radius 3 is 2.94 bits per heavy atom. The average molecular weight is 213 g/mol. The van der Waals surface area contributed by atoms with Crippen LogP contribution in [0.15, 0.2) is 36.5 Å². The van der Waals surface area contributed by atoms with Gasteiger partial charge >= 0.3 is 5.97 Å². The van der Waals surface area contributed by atoms with Crippen molar-refractivity contribution in [2.45, 2.75) is 6.92 Å². The second kappa shape index (κ2) is 3.23. The van der Waals surface area contributed by atoms with Gasteiger partial charge in [-0.25, -0.2) is 4.79 Å². The Bertz CT molecular complexity index is 654. The quantitative estimate of drug-likeness (QED) is 0.613. The standard InChI is InChI=1S/C13H11NO2/c1-2-16-13(15)11-8-10-5-3-4-9-6-7-14(11)12(9)10/h3-8H,2H2,1H3. The van der Waals surface area contributed by atoms with Crippen molar-refractivity contribution >= 4 is 22.3 Å². The summed E-state index contributed by atoms with van der Waals surface area (Å²) in [6, 6.07) is 9.92. The topological polar surface area (TPSA) is 30.7 Å². The first kappa shape index (κ1) is 9.21. The van der Waals surface area contributed by atoms with Gasteiger partial charge in [0.1, 0.15) is 5.69 Å². The van der Waals surface area contributed by atoms with Crippen molar-refractivity contribution in [1.29, 1.82) is 0 Å². The van der Waals surface area contributed by atoms with Crippen molar-refractivity contribution in [2.75, 3.05) is 6.61 Å². The van der Waals surface area contributed by atoms with Gasteiger partial charge in [0.25, 0.3) is 0 Å². The number of esters is 1. The number of hydrogen-bond donors (Lipinski definition) is 0. The molecule has 3 heteroatoms. The van der Waals surface area contributed by atoms with Crippen LogP contribution in [-0.2, 0) is 4.74 Å². The summed E-state index contributed by atoms with van der Waals surface area (Å²) >= 11 is 0. The van der Waals surface area contributed by atoms with Gasteiger partial charge in [0.15, 0.2) is 0 Å². The molecule has 0 atom stereocenters. The second-order valence-corrected chi connectivity index (χ2v) is 3.72. The minimum atomic E-state index is -0.267. The molecule has 80 valence electrons. The lowest BCUT2D eigenvalue weighted by Gasteiger charge is -1.99. The molecule has 0 fully saturated rings. The predicted molar refractivity (Wildman–Crippen MR) is 62.0 cm³/mol.